The van der Waals surface area contributed by atoms with Crippen LogP contribution in [0.3, 0.4) is 0 Å². The molecule has 0 spiro atoms. The summed E-state index contributed by atoms with van der Waals surface area (Å²) in [5.74, 6) is 0.199. The van der Waals surface area contributed by atoms with Crippen molar-refractivity contribution in [3.05, 3.63) is 51.0 Å². The van der Waals surface area contributed by atoms with E-state index in [-0.39, 0.29) is 6.42 Å². The molecule has 2 rings (SSSR count). The van der Waals surface area contributed by atoms with Crippen LogP contribution in [0, 0.1) is 0 Å². The van der Waals surface area contributed by atoms with Crippen molar-refractivity contribution in [3.63, 3.8) is 0 Å². The van der Waals surface area contributed by atoms with Gasteiger partial charge in [0.25, 0.3) is 0 Å². The first-order valence-corrected chi connectivity index (χ1v) is 6.93. The molecule has 98 valence electrons. The summed E-state index contributed by atoms with van der Waals surface area (Å²) in [7, 11) is 0. The molecule has 1 heterocycles. The Labute approximate surface area is 126 Å². The number of rotatable bonds is 4. The van der Waals surface area contributed by atoms with Crippen molar-refractivity contribution < 1.29 is 14.6 Å². The van der Waals surface area contributed by atoms with Crippen LogP contribution in [0.2, 0.25) is 0 Å². The van der Waals surface area contributed by atoms with Crippen molar-refractivity contribution in [1.82, 2.24) is 4.98 Å². The lowest BCUT2D eigenvalue weighted by Crippen LogP contribution is -1.99. The number of benzene rings is 1. The maximum absolute atomic E-state index is 10.6. The Morgan fingerprint density at radius 3 is 2.53 bits per heavy atom. The maximum Gasteiger partial charge on any atom is 0.307 e. The van der Waals surface area contributed by atoms with Crippen LogP contribution in [0.4, 0.5) is 0 Å². The van der Waals surface area contributed by atoms with Crippen molar-refractivity contribution in [1.29, 1.82) is 0 Å². The molecule has 0 aliphatic heterocycles. The van der Waals surface area contributed by atoms with Gasteiger partial charge in [-0.05, 0) is 55.6 Å². The fourth-order valence-electron chi connectivity index (χ4n) is 1.44. The maximum atomic E-state index is 10.6. The lowest BCUT2D eigenvalue weighted by Gasteiger charge is -2.07. The number of hydrogen-bond donors (Lipinski definition) is 1. The third-order valence-electron chi connectivity index (χ3n) is 2.27. The van der Waals surface area contributed by atoms with Crippen LogP contribution in [0.25, 0.3) is 0 Å². The summed E-state index contributed by atoms with van der Waals surface area (Å²) in [5.41, 5.74) is 0.725. The highest BCUT2D eigenvalue weighted by Crippen LogP contribution is 2.29. The Kier molecular flexibility index (Phi) is 4.55. The van der Waals surface area contributed by atoms with Crippen molar-refractivity contribution in [2.24, 2.45) is 0 Å². The quantitative estimate of drug-likeness (QED) is 0.861. The monoisotopic (exact) mass is 385 g/mol. The molecule has 0 aliphatic rings. The minimum atomic E-state index is -0.856. The first kappa shape index (κ1) is 14.0. The van der Waals surface area contributed by atoms with E-state index in [1.807, 2.05) is 6.07 Å². The van der Waals surface area contributed by atoms with E-state index in [0.717, 1.165) is 14.5 Å². The average molecular weight is 387 g/mol. The number of halogens is 2. The third kappa shape index (κ3) is 4.04. The van der Waals surface area contributed by atoms with Crippen LogP contribution in [-0.2, 0) is 11.2 Å². The van der Waals surface area contributed by atoms with Crippen LogP contribution in [-0.4, -0.2) is 16.1 Å². The summed E-state index contributed by atoms with van der Waals surface area (Å²) in [5, 5.41) is 8.68. The highest BCUT2D eigenvalue weighted by atomic mass is 79.9. The van der Waals surface area contributed by atoms with E-state index >= 15 is 0 Å². The molecule has 0 aliphatic carbocycles. The van der Waals surface area contributed by atoms with Gasteiger partial charge < -0.3 is 9.84 Å². The van der Waals surface area contributed by atoms with Gasteiger partial charge in [0.05, 0.1) is 10.9 Å². The minimum absolute atomic E-state index is 0.000504. The zero-order chi connectivity index (χ0) is 13.8. The normalized spacial score (nSPS) is 10.2. The average Bonchev–Trinajstić information content (AvgIpc) is 2.34. The van der Waals surface area contributed by atoms with Gasteiger partial charge in [0.15, 0.2) is 0 Å². The molecule has 0 radical (unpaired) electrons. The van der Waals surface area contributed by atoms with E-state index in [4.69, 9.17) is 9.84 Å². The third-order valence-corrected chi connectivity index (χ3v) is 3.27. The summed E-state index contributed by atoms with van der Waals surface area (Å²) in [6, 6.07) is 8.70. The van der Waals surface area contributed by atoms with E-state index < -0.39 is 5.97 Å². The van der Waals surface area contributed by atoms with Crippen LogP contribution < -0.4 is 4.74 Å². The van der Waals surface area contributed by atoms with E-state index in [0.29, 0.717) is 11.6 Å². The summed E-state index contributed by atoms with van der Waals surface area (Å²) in [6.45, 7) is 0. The van der Waals surface area contributed by atoms with E-state index in [1.165, 1.54) is 0 Å². The summed E-state index contributed by atoms with van der Waals surface area (Å²) >= 11 is 6.67. The highest BCUT2D eigenvalue weighted by Gasteiger charge is 2.06. The fourth-order valence-corrected chi connectivity index (χ4v) is 2.51. The van der Waals surface area contributed by atoms with Crippen molar-refractivity contribution >= 4 is 37.8 Å². The number of carbonyl (C=O) groups is 1. The molecule has 0 saturated heterocycles. The van der Waals surface area contributed by atoms with Gasteiger partial charge in [0.2, 0.25) is 5.88 Å². The fraction of sp³-hybridized carbons (Fsp3) is 0.0769. The number of aliphatic carboxylic acids is 1. The first-order chi connectivity index (χ1) is 9.04. The highest BCUT2D eigenvalue weighted by molar-refractivity contribution is 9.11. The molecular weight excluding hydrogens is 378 g/mol. The van der Waals surface area contributed by atoms with Gasteiger partial charge in [0.1, 0.15) is 5.75 Å². The number of pyridine rings is 1. The molecule has 0 bridgehead atoms. The molecule has 2 aromatic rings. The van der Waals surface area contributed by atoms with Gasteiger partial charge >= 0.3 is 5.97 Å². The standard InChI is InChI=1S/C13H9Br2NO3/c14-9-6-11(15)13(16-7-9)19-10-3-1-8(2-4-10)5-12(17)18/h1-4,6-7H,5H2,(H,17,18). The number of carboxylic acid groups (broad SMARTS) is 1. The van der Waals surface area contributed by atoms with Crippen LogP contribution in [0.1, 0.15) is 5.56 Å². The Balaban J connectivity index is 2.13. The molecular formula is C13H9Br2NO3. The van der Waals surface area contributed by atoms with E-state index in [9.17, 15) is 4.79 Å². The van der Waals surface area contributed by atoms with Crippen molar-refractivity contribution in [3.8, 4) is 11.6 Å². The summed E-state index contributed by atoms with van der Waals surface area (Å²) in [6.07, 6.45) is 1.64. The van der Waals surface area contributed by atoms with Crippen LogP contribution in [0.15, 0.2) is 45.5 Å². The molecule has 0 unspecified atom stereocenters. The minimum Gasteiger partial charge on any atom is -0.481 e. The van der Waals surface area contributed by atoms with Crippen LogP contribution in [0.5, 0.6) is 11.6 Å². The SMILES string of the molecule is O=C(O)Cc1ccc(Oc2ncc(Br)cc2Br)cc1. The number of hydrogen-bond acceptors (Lipinski definition) is 3. The van der Waals surface area contributed by atoms with Gasteiger partial charge in [0, 0.05) is 10.7 Å². The second kappa shape index (κ2) is 6.16. The molecule has 4 nitrogen and oxygen atoms in total. The van der Waals surface area contributed by atoms with E-state index in [2.05, 4.69) is 36.8 Å². The second-order valence-corrected chi connectivity index (χ2v) is 5.53. The Morgan fingerprint density at radius 1 is 1.26 bits per heavy atom. The Morgan fingerprint density at radius 2 is 1.95 bits per heavy atom. The van der Waals surface area contributed by atoms with Gasteiger partial charge in [-0.25, -0.2) is 4.98 Å². The van der Waals surface area contributed by atoms with Crippen molar-refractivity contribution in [2.45, 2.75) is 6.42 Å². The largest absolute Gasteiger partial charge is 0.481 e. The predicted molar refractivity (Wildman–Crippen MR) is 77.5 cm³/mol. The molecule has 1 aromatic carbocycles. The molecule has 0 fully saturated rings. The summed E-state index contributed by atoms with van der Waals surface area (Å²) in [4.78, 5) is 14.7. The molecule has 1 N–H and O–H groups in total. The predicted octanol–water partition coefficient (Wildman–Crippen LogP) is 4.03. The Bertz CT molecular complexity index is 599. The van der Waals surface area contributed by atoms with Crippen LogP contribution >= 0.6 is 31.9 Å². The number of ether oxygens (including phenoxy) is 1. The molecule has 0 saturated carbocycles. The van der Waals surface area contributed by atoms with Gasteiger partial charge in [-0.15, -0.1) is 0 Å². The molecule has 1 aromatic heterocycles. The molecule has 6 heteroatoms. The second-order valence-electron chi connectivity index (χ2n) is 3.76. The zero-order valence-corrected chi connectivity index (χ0v) is 12.8. The number of nitrogens with zero attached hydrogens (tertiary/aromatic N) is 1. The van der Waals surface area contributed by atoms with E-state index in [1.54, 1.807) is 30.5 Å². The lowest BCUT2D eigenvalue weighted by atomic mass is 10.1. The van der Waals surface area contributed by atoms with Gasteiger partial charge in [-0.2, -0.15) is 0 Å². The molecule has 19 heavy (non-hydrogen) atoms. The molecule has 0 atom stereocenters. The number of aromatic nitrogens is 1. The first-order valence-electron chi connectivity index (χ1n) is 5.34. The smallest absolute Gasteiger partial charge is 0.307 e. The Hall–Kier alpha value is -1.40. The number of carboxylic acids is 1. The van der Waals surface area contributed by atoms with Gasteiger partial charge in [-0.3, -0.25) is 4.79 Å². The topological polar surface area (TPSA) is 59.4 Å². The molecule has 0 amide bonds. The van der Waals surface area contributed by atoms with Gasteiger partial charge in [-0.1, -0.05) is 12.1 Å². The van der Waals surface area contributed by atoms with Crippen molar-refractivity contribution in [2.75, 3.05) is 0 Å². The lowest BCUT2D eigenvalue weighted by molar-refractivity contribution is -0.136. The summed E-state index contributed by atoms with van der Waals surface area (Å²) < 4.78 is 7.18. The zero-order valence-electron chi connectivity index (χ0n) is 9.64.